The first-order valence-electron chi connectivity index (χ1n) is 6.99. The second-order valence-electron chi connectivity index (χ2n) is 5.43. The lowest BCUT2D eigenvalue weighted by Gasteiger charge is -2.44. The SMILES string of the molecule is c1cc2c(cc1N1CCN3CCOCC3C1)SNC2. The van der Waals surface area contributed by atoms with Crippen molar-refractivity contribution in [3.8, 4) is 0 Å². The van der Waals surface area contributed by atoms with Crippen LogP contribution < -0.4 is 9.62 Å². The van der Waals surface area contributed by atoms with E-state index < -0.39 is 0 Å². The Hall–Kier alpha value is -0.750. The second kappa shape index (κ2) is 4.98. The largest absolute Gasteiger partial charge is 0.378 e. The van der Waals surface area contributed by atoms with Gasteiger partial charge in [0.1, 0.15) is 0 Å². The number of ether oxygens (including phenoxy) is 1. The van der Waals surface area contributed by atoms with Crippen molar-refractivity contribution >= 4 is 17.6 Å². The maximum absolute atomic E-state index is 5.61. The Morgan fingerprint density at radius 3 is 3.26 bits per heavy atom. The van der Waals surface area contributed by atoms with Crippen LogP contribution >= 0.6 is 11.9 Å². The Bertz CT molecular complexity index is 482. The van der Waals surface area contributed by atoms with Crippen molar-refractivity contribution in [2.45, 2.75) is 17.5 Å². The average Bonchev–Trinajstić information content (AvgIpc) is 2.94. The molecule has 102 valence electrons. The molecule has 0 spiro atoms. The van der Waals surface area contributed by atoms with Gasteiger partial charge in [-0.25, -0.2) is 0 Å². The number of rotatable bonds is 1. The lowest BCUT2D eigenvalue weighted by Crippen LogP contribution is -2.58. The van der Waals surface area contributed by atoms with E-state index >= 15 is 0 Å². The van der Waals surface area contributed by atoms with Crippen LogP contribution in [-0.4, -0.2) is 50.3 Å². The number of nitrogens with zero attached hydrogens (tertiary/aromatic N) is 2. The van der Waals surface area contributed by atoms with Gasteiger partial charge in [-0.3, -0.25) is 9.62 Å². The van der Waals surface area contributed by atoms with Crippen molar-refractivity contribution in [2.24, 2.45) is 0 Å². The third-order valence-corrected chi connectivity index (χ3v) is 5.19. The minimum Gasteiger partial charge on any atom is -0.378 e. The number of hydrogen-bond acceptors (Lipinski definition) is 5. The van der Waals surface area contributed by atoms with Crippen LogP contribution in [0.3, 0.4) is 0 Å². The molecule has 0 saturated carbocycles. The zero-order valence-corrected chi connectivity index (χ0v) is 11.8. The van der Waals surface area contributed by atoms with Crippen LogP contribution in [0.1, 0.15) is 5.56 Å². The molecule has 2 fully saturated rings. The summed E-state index contributed by atoms with van der Waals surface area (Å²) in [6.07, 6.45) is 0. The number of piperazine rings is 1. The van der Waals surface area contributed by atoms with E-state index in [1.807, 2.05) is 0 Å². The molecule has 1 aromatic carbocycles. The molecule has 1 aromatic rings. The minimum atomic E-state index is 0.571. The van der Waals surface area contributed by atoms with Crippen molar-refractivity contribution in [3.05, 3.63) is 23.8 Å². The van der Waals surface area contributed by atoms with Crippen LogP contribution in [0.2, 0.25) is 0 Å². The maximum atomic E-state index is 5.61. The summed E-state index contributed by atoms with van der Waals surface area (Å²) < 4.78 is 8.95. The molecule has 0 aromatic heterocycles. The van der Waals surface area contributed by atoms with Gasteiger partial charge in [0.15, 0.2) is 0 Å². The fourth-order valence-corrected chi connectivity index (χ4v) is 3.99. The molecule has 4 rings (SSSR count). The molecule has 4 nitrogen and oxygen atoms in total. The molecule has 0 amide bonds. The highest BCUT2D eigenvalue weighted by atomic mass is 32.2. The molecule has 3 heterocycles. The number of morpholine rings is 1. The summed E-state index contributed by atoms with van der Waals surface area (Å²) in [6.45, 7) is 7.27. The van der Waals surface area contributed by atoms with E-state index in [2.05, 4.69) is 32.7 Å². The van der Waals surface area contributed by atoms with Crippen molar-refractivity contribution in [1.82, 2.24) is 9.62 Å². The van der Waals surface area contributed by atoms with Gasteiger partial charge < -0.3 is 9.64 Å². The lowest BCUT2D eigenvalue weighted by atomic mass is 10.1. The number of benzene rings is 1. The van der Waals surface area contributed by atoms with Gasteiger partial charge in [0, 0.05) is 43.3 Å². The first-order chi connectivity index (χ1) is 9.40. The number of hydrogen-bond donors (Lipinski definition) is 1. The predicted molar refractivity (Wildman–Crippen MR) is 77.5 cm³/mol. The number of anilines is 1. The number of fused-ring (bicyclic) bond motifs is 2. The highest BCUT2D eigenvalue weighted by Gasteiger charge is 2.29. The van der Waals surface area contributed by atoms with Gasteiger partial charge in [0.2, 0.25) is 0 Å². The van der Waals surface area contributed by atoms with Crippen molar-refractivity contribution < 1.29 is 4.74 Å². The van der Waals surface area contributed by atoms with Crippen molar-refractivity contribution in [3.63, 3.8) is 0 Å². The molecular weight excluding hydrogens is 258 g/mol. The van der Waals surface area contributed by atoms with Crippen LogP contribution in [0.4, 0.5) is 5.69 Å². The van der Waals surface area contributed by atoms with Gasteiger partial charge >= 0.3 is 0 Å². The van der Waals surface area contributed by atoms with Gasteiger partial charge in [-0.05, 0) is 29.6 Å². The zero-order chi connectivity index (χ0) is 12.7. The Kier molecular flexibility index (Phi) is 3.15. The van der Waals surface area contributed by atoms with Crippen LogP contribution in [0.5, 0.6) is 0 Å². The molecule has 0 aliphatic carbocycles. The average molecular weight is 277 g/mol. The smallest absolute Gasteiger partial charge is 0.0639 e. The van der Waals surface area contributed by atoms with Crippen LogP contribution in [0.15, 0.2) is 23.1 Å². The Morgan fingerprint density at radius 1 is 1.26 bits per heavy atom. The normalized spacial score (nSPS) is 27.2. The Balaban J connectivity index is 1.53. The second-order valence-corrected chi connectivity index (χ2v) is 6.36. The van der Waals surface area contributed by atoms with Gasteiger partial charge in [0.25, 0.3) is 0 Å². The van der Waals surface area contributed by atoms with E-state index in [0.29, 0.717) is 6.04 Å². The summed E-state index contributed by atoms with van der Waals surface area (Å²) in [5.41, 5.74) is 2.79. The number of nitrogens with one attached hydrogen (secondary N) is 1. The van der Waals surface area contributed by atoms with Gasteiger partial charge in [-0.1, -0.05) is 6.07 Å². The molecule has 1 unspecified atom stereocenters. The third kappa shape index (κ3) is 2.25. The summed E-state index contributed by atoms with van der Waals surface area (Å²) in [7, 11) is 0. The van der Waals surface area contributed by atoms with E-state index in [1.165, 1.54) is 16.1 Å². The molecule has 1 atom stereocenters. The molecule has 0 radical (unpaired) electrons. The molecular formula is C14H19N3OS. The fourth-order valence-electron chi connectivity index (χ4n) is 3.15. The maximum Gasteiger partial charge on any atom is 0.0639 e. The Morgan fingerprint density at radius 2 is 2.26 bits per heavy atom. The Labute approximate surface area is 118 Å². The summed E-state index contributed by atoms with van der Waals surface area (Å²) in [6, 6.07) is 7.44. The first kappa shape index (κ1) is 12.0. The summed E-state index contributed by atoms with van der Waals surface area (Å²) in [5.74, 6) is 0. The monoisotopic (exact) mass is 277 g/mol. The van der Waals surface area contributed by atoms with E-state index in [0.717, 1.165) is 45.9 Å². The molecule has 19 heavy (non-hydrogen) atoms. The summed E-state index contributed by atoms with van der Waals surface area (Å²) >= 11 is 1.76. The van der Waals surface area contributed by atoms with Gasteiger partial charge in [0.05, 0.1) is 19.3 Å². The minimum absolute atomic E-state index is 0.571. The topological polar surface area (TPSA) is 27.7 Å². The molecule has 0 bridgehead atoms. The highest BCUT2D eigenvalue weighted by molar-refractivity contribution is 7.97. The summed E-state index contributed by atoms with van der Waals surface area (Å²) in [4.78, 5) is 6.47. The highest BCUT2D eigenvalue weighted by Crippen LogP contribution is 2.32. The van der Waals surface area contributed by atoms with E-state index in [1.54, 1.807) is 11.9 Å². The fraction of sp³-hybridized carbons (Fsp3) is 0.571. The molecule has 2 saturated heterocycles. The molecule has 3 aliphatic heterocycles. The standard InChI is InChI=1S/C14H19N3OS/c1-2-12(7-14-11(1)8-15-19-14)17-4-3-16-5-6-18-10-13(16)9-17/h1-2,7,13,15H,3-6,8-10H2. The molecule has 1 N–H and O–H groups in total. The van der Waals surface area contributed by atoms with Gasteiger partial charge in [-0.15, -0.1) is 0 Å². The van der Waals surface area contributed by atoms with Crippen LogP contribution in [0.25, 0.3) is 0 Å². The van der Waals surface area contributed by atoms with Gasteiger partial charge in [-0.2, -0.15) is 0 Å². The quantitative estimate of drug-likeness (QED) is 0.782. The van der Waals surface area contributed by atoms with Crippen LogP contribution in [0, 0.1) is 0 Å². The van der Waals surface area contributed by atoms with Crippen LogP contribution in [-0.2, 0) is 11.3 Å². The molecule has 5 heteroatoms. The summed E-state index contributed by atoms with van der Waals surface area (Å²) in [5, 5.41) is 0. The van der Waals surface area contributed by atoms with E-state index in [-0.39, 0.29) is 0 Å². The third-order valence-electron chi connectivity index (χ3n) is 4.30. The zero-order valence-electron chi connectivity index (χ0n) is 11.0. The molecule has 3 aliphatic rings. The van der Waals surface area contributed by atoms with Crippen molar-refractivity contribution in [2.75, 3.05) is 44.3 Å². The first-order valence-corrected chi connectivity index (χ1v) is 7.81. The van der Waals surface area contributed by atoms with E-state index in [4.69, 9.17) is 4.74 Å². The predicted octanol–water partition coefficient (Wildman–Crippen LogP) is 1.32. The lowest BCUT2D eigenvalue weighted by molar-refractivity contribution is -0.0116. The van der Waals surface area contributed by atoms with Crippen molar-refractivity contribution in [1.29, 1.82) is 0 Å². The van der Waals surface area contributed by atoms with E-state index in [9.17, 15) is 0 Å².